The summed E-state index contributed by atoms with van der Waals surface area (Å²) in [5, 5.41) is 2.51. The summed E-state index contributed by atoms with van der Waals surface area (Å²) in [6.45, 7) is 0.840. The number of amidine groups is 1. The fraction of sp³-hybridized carbons (Fsp3) is 0.167. The van der Waals surface area contributed by atoms with Crippen molar-refractivity contribution in [3.63, 3.8) is 0 Å². The van der Waals surface area contributed by atoms with Gasteiger partial charge in [-0.3, -0.25) is 19.6 Å². The van der Waals surface area contributed by atoms with Gasteiger partial charge < -0.3 is 5.32 Å². The van der Waals surface area contributed by atoms with Crippen LogP contribution < -0.4 is 10.2 Å². The Morgan fingerprint density at radius 2 is 1.92 bits per heavy atom. The van der Waals surface area contributed by atoms with Crippen molar-refractivity contribution in [3.05, 3.63) is 59.9 Å². The Morgan fingerprint density at radius 3 is 2.76 bits per heavy atom. The van der Waals surface area contributed by atoms with Gasteiger partial charge in [0.05, 0.1) is 17.9 Å². The van der Waals surface area contributed by atoms with Gasteiger partial charge in [0.2, 0.25) is 5.91 Å². The number of anilines is 2. The van der Waals surface area contributed by atoms with Crippen LogP contribution in [0.4, 0.5) is 20.6 Å². The smallest absolute Gasteiger partial charge is 0.322 e. The van der Waals surface area contributed by atoms with Gasteiger partial charge in [-0.1, -0.05) is 24.3 Å². The Balaban J connectivity index is 1.61. The van der Waals surface area contributed by atoms with E-state index in [1.165, 1.54) is 17.0 Å². The number of nitrogens with one attached hydrogen (secondary N) is 1. The molecule has 0 saturated carbocycles. The number of carbonyl (C=O) groups excluding carboxylic acids is 2. The fourth-order valence-corrected chi connectivity index (χ4v) is 3.06. The standard InChI is InChI=1S/C18H15FN4O2/c19-13-6-2-3-7-14(13)21-16(24)11-23-15-8-4-1-5-12(15)17-20-9-10-22(17)18(23)25/h1-8H,9-11H2,(H,21,24). The number of nitrogens with zero attached hydrogens (tertiary/aromatic N) is 3. The number of para-hydroxylation sites is 2. The fourth-order valence-electron chi connectivity index (χ4n) is 3.06. The third kappa shape index (κ3) is 2.63. The lowest BCUT2D eigenvalue weighted by Gasteiger charge is -2.34. The molecule has 6 nitrogen and oxygen atoms in total. The molecule has 0 aromatic heterocycles. The molecule has 2 aliphatic rings. The van der Waals surface area contributed by atoms with Crippen LogP contribution in [0.25, 0.3) is 0 Å². The highest BCUT2D eigenvalue weighted by molar-refractivity contribution is 6.21. The molecule has 2 aromatic carbocycles. The number of amides is 3. The van der Waals surface area contributed by atoms with Crippen molar-refractivity contribution in [2.45, 2.75) is 0 Å². The number of hydrogen-bond acceptors (Lipinski definition) is 3. The average Bonchev–Trinajstić information content (AvgIpc) is 3.11. The van der Waals surface area contributed by atoms with Gasteiger partial charge in [0, 0.05) is 12.1 Å². The monoisotopic (exact) mass is 338 g/mol. The second-order valence-electron chi connectivity index (χ2n) is 5.77. The maximum Gasteiger partial charge on any atom is 0.330 e. The van der Waals surface area contributed by atoms with Crippen LogP contribution in [0.3, 0.4) is 0 Å². The molecular formula is C18H15FN4O2. The van der Waals surface area contributed by atoms with Crippen molar-refractivity contribution in [2.75, 3.05) is 29.9 Å². The zero-order valence-corrected chi connectivity index (χ0v) is 13.3. The van der Waals surface area contributed by atoms with E-state index in [1.807, 2.05) is 12.1 Å². The first kappa shape index (κ1) is 15.3. The first-order chi connectivity index (χ1) is 12.1. The van der Waals surface area contributed by atoms with E-state index in [0.717, 1.165) is 5.56 Å². The van der Waals surface area contributed by atoms with Crippen LogP contribution in [-0.4, -0.2) is 42.3 Å². The molecule has 0 atom stereocenters. The topological polar surface area (TPSA) is 65.0 Å². The Hall–Kier alpha value is -3.22. The van der Waals surface area contributed by atoms with Crippen molar-refractivity contribution in [3.8, 4) is 0 Å². The molecule has 0 unspecified atom stereocenters. The zero-order chi connectivity index (χ0) is 17.4. The largest absolute Gasteiger partial charge is 0.330 e. The molecule has 3 amide bonds. The number of urea groups is 1. The van der Waals surface area contributed by atoms with E-state index >= 15 is 0 Å². The minimum absolute atomic E-state index is 0.0914. The third-order valence-electron chi connectivity index (χ3n) is 4.19. The zero-order valence-electron chi connectivity index (χ0n) is 13.3. The van der Waals surface area contributed by atoms with Crippen molar-refractivity contribution < 1.29 is 14.0 Å². The van der Waals surface area contributed by atoms with Crippen LogP contribution in [0.2, 0.25) is 0 Å². The van der Waals surface area contributed by atoms with Crippen molar-refractivity contribution in [2.24, 2.45) is 4.99 Å². The molecule has 2 aromatic rings. The van der Waals surface area contributed by atoms with Gasteiger partial charge in [0.15, 0.2) is 0 Å². The van der Waals surface area contributed by atoms with Crippen molar-refractivity contribution in [1.29, 1.82) is 0 Å². The molecular weight excluding hydrogens is 323 g/mol. The number of fused-ring (bicyclic) bond motifs is 3. The molecule has 2 aliphatic heterocycles. The molecule has 7 heteroatoms. The first-order valence-corrected chi connectivity index (χ1v) is 7.92. The highest BCUT2D eigenvalue weighted by Crippen LogP contribution is 2.30. The predicted molar refractivity (Wildman–Crippen MR) is 92.3 cm³/mol. The molecule has 0 aliphatic carbocycles. The lowest BCUT2D eigenvalue weighted by Crippen LogP contribution is -2.52. The van der Waals surface area contributed by atoms with Gasteiger partial charge in [-0.25, -0.2) is 9.18 Å². The molecule has 0 spiro atoms. The number of aliphatic imine (C=N–C) groups is 1. The van der Waals surface area contributed by atoms with Crippen LogP contribution in [0.1, 0.15) is 5.56 Å². The minimum Gasteiger partial charge on any atom is -0.322 e. The van der Waals surface area contributed by atoms with Gasteiger partial charge in [-0.2, -0.15) is 0 Å². The highest BCUT2D eigenvalue weighted by Gasteiger charge is 2.37. The summed E-state index contributed by atoms with van der Waals surface area (Å²) in [5.74, 6) is -0.339. The number of rotatable bonds is 3. The Morgan fingerprint density at radius 1 is 1.16 bits per heavy atom. The van der Waals surface area contributed by atoms with Crippen LogP contribution in [0, 0.1) is 5.82 Å². The molecule has 126 valence electrons. The summed E-state index contributed by atoms with van der Waals surface area (Å²) >= 11 is 0. The number of halogens is 1. The van der Waals surface area contributed by atoms with Crippen molar-refractivity contribution >= 4 is 29.1 Å². The maximum absolute atomic E-state index is 13.7. The van der Waals surface area contributed by atoms with Crippen LogP contribution in [0.5, 0.6) is 0 Å². The minimum atomic E-state index is -0.518. The van der Waals surface area contributed by atoms with E-state index in [0.29, 0.717) is 24.6 Å². The number of carbonyl (C=O) groups is 2. The van der Waals surface area contributed by atoms with Gasteiger partial charge in [-0.15, -0.1) is 0 Å². The SMILES string of the molecule is O=C(CN1C(=O)N2CCN=C2c2ccccc21)Nc1ccccc1F. The summed E-state index contributed by atoms with van der Waals surface area (Å²) in [7, 11) is 0. The van der Waals surface area contributed by atoms with Gasteiger partial charge in [-0.05, 0) is 24.3 Å². The second kappa shape index (κ2) is 6.01. The predicted octanol–water partition coefficient (Wildman–Crippen LogP) is 2.47. The van der Waals surface area contributed by atoms with Crippen LogP contribution in [0.15, 0.2) is 53.5 Å². The molecule has 4 rings (SSSR count). The molecule has 0 radical (unpaired) electrons. The molecule has 25 heavy (non-hydrogen) atoms. The van der Waals surface area contributed by atoms with E-state index in [2.05, 4.69) is 10.3 Å². The third-order valence-corrected chi connectivity index (χ3v) is 4.19. The number of benzene rings is 2. The van der Waals surface area contributed by atoms with Crippen molar-refractivity contribution in [1.82, 2.24) is 4.90 Å². The van der Waals surface area contributed by atoms with Gasteiger partial charge >= 0.3 is 6.03 Å². The Bertz CT molecular complexity index is 896. The van der Waals surface area contributed by atoms with E-state index in [1.54, 1.807) is 29.2 Å². The molecule has 1 N–H and O–H groups in total. The highest BCUT2D eigenvalue weighted by atomic mass is 19.1. The average molecular weight is 338 g/mol. The molecule has 0 fully saturated rings. The summed E-state index contributed by atoms with van der Waals surface area (Å²) in [6.07, 6.45) is 0. The molecule has 0 saturated heterocycles. The molecule has 2 heterocycles. The lowest BCUT2D eigenvalue weighted by molar-refractivity contribution is -0.114. The van der Waals surface area contributed by atoms with Crippen LogP contribution in [-0.2, 0) is 4.79 Å². The second-order valence-corrected chi connectivity index (χ2v) is 5.77. The van der Waals surface area contributed by atoms with Crippen LogP contribution >= 0.6 is 0 Å². The van der Waals surface area contributed by atoms with E-state index in [4.69, 9.17) is 0 Å². The lowest BCUT2D eigenvalue weighted by atomic mass is 10.1. The Labute approximate surface area is 143 Å². The maximum atomic E-state index is 13.7. The van der Waals surface area contributed by atoms with E-state index in [9.17, 15) is 14.0 Å². The Kier molecular flexibility index (Phi) is 3.68. The first-order valence-electron chi connectivity index (χ1n) is 7.92. The van der Waals surface area contributed by atoms with E-state index in [-0.39, 0.29) is 18.3 Å². The van der Waals surface area contributed by atoms with E-state index < -0.39 is 11.7 Å². The summed E-state index contributed by atoms with van der Waals surface area (Å²) < 4.78 is 13.7. The summed E-state index contributed by atoms with van der Waals surface area (Å²) in [4.78, 5) is 32.5. The van der Waals surface area contributed by atoms with Gasteiger partial charge in [0.1, 0.15) is 18.2 Å². The number of hydrogen-bond donors (Lipinski definition) is 1. The summed E-state index contributed by atoms with van der Waals surface area (Å²) in [6, 6.07) is 13.0. The quantitative estimate of drug-likeness (QED) is 0.934. The summed E-state index contributed by atoms with van der Waals surface area (Å²) in [5.41, 5.74) is 1.54. The molecule has 0 bridgehead atoms. The normalized spacial score (nSPS) is 15.6. The van der Waals surface area contributed by atoms with Gasteiger partial charge in [0.25, 0.3) is 0 Å².